The fourth-order valence-electron chi connectivity index (χ4n) is 3.04. The molecule has 1 atom stereocenters. The maximum atomic E-state index is 12.9. The predicted octanol–water partition coefficient (Wildman–Crippen LogP) is 3.50. The van der Waals surface area contributed by atoms with Crippen molar-refractivity contribution in [1.82, 2.24) is 10.2 Å². The molecule has 1 heterocycles. The molecule has 0 saturated carbocycles. The third kappa shape index (κ3) is 6.66. The number of rotatable bonds is 7. The number of piperidine rings is 1. The van der Waals surface area contributed by atoms with Crippen molar-refractivity contribution in [3.63, 3.8) is 0 Å². The first-order chi connectivity index (χ1) is 11.9. The Balaban J connectivity index is 1.76. The molecule has 1 amide bonds. The second kappa shape index (κ2) is 9.20. The van der Waals surface area contributed by atoms with E-state index in [1.54, 1.807) is 0 Å². The Morgan fingerprint density at radius 2 is 1.88 bits per heavy atom. The van der Waals surface area contributed by atoms with E-state index in [-0.39, 0.29) is 18.2 Å². The highest BCUT2D eigenvalue weighted by atomic mass is 19.4. The van der Waals surface area contributed by atoms with E-state index in [1.165, 1.54) is 37.5 Å². The zero-order chi connectivity index (χ0) is 18.3. The number of hydrogen-bond donors (Lipinski definition) is 2. The Hall–Kier alpha value is -1.60. The van der Waals surface area contributed by atoms with E-state index in [9.17, 15) is 18.0 Å². The second-order valence-electron chi connectivity index (χ2n) is 6.55. The first kappa shape index (κ1) is 19.7. The molecular weight excluding hydrogens is 331 g/mol. The van der Waals surface area contributed by atoms with Gasteiger partial charge in [0.25, 0.3) is 0 Å². The number of benzene rings is 1. The van der Waals surface area contributed by atoms with E-state index in [0.29, 0.717) is 0 Å². The number of amides is 1. The molecular formula is C18H26F3N3O. The van der Waals surface area contributed by atoms with Crippen LogP contribution in [0, 0.1) is 0 Å². The van der Waals surface area contributed by atoms with Crippen LogP contribution in [0.3, 0.4) is 0 Å². The number of hydrogen-bond acceptors (Lipinski definition) is 3. The maximum absolute atomic E-state index is 12.9. The van der Waals surface area contributed by atoms with Gasteiger partial charge in [-0.1, -0.05) is 18.6 Å². The molecule has 1 aromatic carbocycles. The molecule has 1 unspecified atom stereocenters. The van der Waals surface area contributed by atoms with Gasteiger partial charge in [-0.05, 0) is 45.0 Å². The lowest BCUT2D eigenvalue weighted by Gasteiger charge is -2.27. The highest BCUT2D eigenvalue weighted by molar-refractivity contribution is 5.92. The van der Waals surface area contributed by atoms with Crippen molar-refractivity contribution < 1.29 is 18.0 Å². The number of likely N-dealkylation sites (tertiary alicyclic amines) is 1. The molecule has 2 rings (SSSR count). The third-order valence-electron chi connectivity index (χ3n) is 4.37. The van der Waals surface area contributed by atoms with Crippen molar-refractivity contribution in [2.75, 3.05) is 31.5 Å². The zero-order valence-corrected chi connectivity index (χ0v) is 14.5. The van der Waals surface area contributed by atoms with E-state index in [0.717, 1.165) is 32.2 Å². The van der Waals surface area contributed by atoms with Crippen LogP contribution in [-0.2, 0) is 11.0 Å². The normalized spacial score (nSPS) is 17.3. The Kier molecular flexibility index (Phi) is 7.25. The topological polar surface area (TPSA) is 44.4 Å². The quantitative estimate of drug-likeness (QED) is 0.785. The molecule has 7 heteroatoms. The summed E-state index contributed by atoms with van der Waals surface area (Å²) in [4.78, 5) is 14.4. The van der Waals surface area contributed by atoms with Crippen molar-refractivity contribution in [3.05, 3.63) is 29.8 Å². The lowest BCUT2D eigenvalue weighted by Crippen LogP contribution is -2.39. The smallest absolute Gasteiger partial charge is 0.325 e. The number of alkyl halides is 3. The average Bonchev–Trinajstić information content (AvgIpc) is 2.55. The van der Waals surface area contributed by atoms with Gasteiger partial charge in [0, 0.05) is 25.6 Å². The van der Waals surface area contributed by atoms with Crippen LogP contribution in [0.1, 0.15) is 38.2 Å². The number of carbonyl (C=O) groups excluding carboxylic acids is 1. The van der Waals surface area contributed by atoms with E-state index in [2.05, 4.69) is 15.5 Å². The maximum Gasteiger partial charge on any atom is 0.418 e. The molecule has 25 heavy (non-hydrogen) atoms. The first-order valence-corrected chi connectivity index (χ1v) is 8.78. The minimum atomic E-state index is -4.48. The molecule has 1 aromatic rings. The minimum Gasteiger partial charge on any atom is -0.325 e. The predicted molar refractivity (Wildman–Crippen MR) is 92.4 cm³/mol. The Morgan fingerprint density at radius 1 is 1.20 bits per heavy atom. The number of para-hydroxylation sites is 1. The molecule has 0 spiro atoms. The molecule has 4 nitrogen and oxygen atoms in total. The summed E-state index contributed by atoms with van der Waals surface area (Å²) >= 11 is 0. The first-order valence-electron chi connectivity index (χ1n) is 8.78. The van der Waals surface area contributed by atoms with Gasteiger partial charge in [0.15, 0.2) is 0 Å². The largest absolute Gasteiger partial charge is 0.418 e. The standard InChI is InChI=1S/C18H26F3N3O/c1-14(22-9-12-24-10-5-2-6-11-24)13-17(25)23-16-8-4-3-7-15(16)18(19,20)21/h3-4,7-8,14,22H,2,5-6,9-13H2,1H3,(H,23,25). The fraction of sp³-hybridized carbons (Fsp3) is 0.611. The van der Waals surface area contributed by atoms with E-state index in [1.807, 2.05) is 6.92 Å². The molecule has 140 valence electrons. The molecule has 2 N–H and O–H groups in total. The van der Waals surface area contributed by atoms with Gasteiger partial charge in [0.1, 0.15) is 0 Å². The van der Waals surface area contributed by atoms with Gasteiger partial charge in [-0.25, -0.2) is 0 Å². The summed E-state index contributed by atoms with van der Waals surface area (Å²) in [5.41, 5.74) is -1.02. The number of carbonyl (C=O) groups is 1. The lowest BCUT2D eigenvalue weighted by atomic mass is 10.1. The second-order valence-corrected chi connectivity index (χ2v) is 6.55. The van der Waals surface area contributed by atoms with Gasteiger partial charge in [-0.3, -0.25) is 4.79 Å². The fourth-order valence-corrected chi connectivity index (χ4v) is 3.04. The van der Waals surface area contributed by atoms with E-state index >= 15 is 0 Å². The van der Waals surface area contributed by atoms with Gasteiger partial charge >= 0.3 is 6.18 Å². The average molecular weight is 357 g/mol. The Morgan fingerprint density at radius 3 is 2.56 bits per heavy atom. The summed E-state index contributed by atoms with van der Waals surface area (Å²) in [5, 5.41) is 5.65. The van der Waals surface area contributed by atoms with Crippen LogP contribution < -0.4 is 10.6 Å². The molecule has 1 aliphatic rings. The number of nitrogens with one attached hydrogen (secondary N) is 2. The van der Waals surface area contributed by atoms with E-state index < -0.39 is 17.6 Å². The molecule has 0 bridgehead atoms. The molecule has 0 aromatic heterocycles. The molecule has 0 aliphatic carbocycles. The zero-order valence-electron chi connectivity index (χ0n) is 14.5. The van der Waals surface area contributed by atoms with Crippen LogP contribution in [-0.4, -0.2) is 43.0 Å². The highest BCUT2D eigenvalue weighted by Crippen LogP contribution is 2.34. The van der Waals surface area contributed by atoms with Gasteiger partial charge in [-0.15, -0.1) is 0 Å². The van der Waals surface area contributed by atoms with Crippen molar-refractivity contribution >= 4 is 11.6 Å². The number of anilines is 1. The summed E-state index contributed by atoms with van der Waals surface area (Å²) in [5.74, 6) is -0.422. The lowest BCUT2D eigenvalue weighted by molar-refractivity contribution is -0.137. The summed E-state index contributed by atoms with van der Waals surface area (Å²) in [6.07, 6.45) is -0.596. The molecule has 1 saturated heterocycles. The van der Waals surface area contributed by atoms with Crippen LogP contribution in [0.4, 0.5) is 18.9 Å². The molecule has 1 aliphatic heterocycles. The van der Waals surface area contributed by atoms with Crippen molar-refractivity contribution in [2.24, 2.45) is 0 Å². The van der Waals surface area contributed by atoms with Crippen molar-refractivity contribution in [2.45, 2.75) is 44.8 Å². The van der Waals surface area contributed by atoms with E-state index in [4.69, 9.17) is 0 Å². The third-order valence-corrected chi connectivity index (χ3v) is 4.37. The Labute approximate surface area is 146 Å². The summed E-state index contributed by atoms with van der Waals surface area (Å²) in [6.45, 7) is 5.80. The van der Waals surface area contributed by atoms with Crippen LogP contribution >= 0.6 is 0 Å². The van der Waals surface area contributed by atoms with Crippen LogP contribution in [0.5, 0.6) is 0 Å². The minimum absolute atomic E-state index is 0.0946. The summed E-state index contributed by atoms with van der Waals surface area (Å²) in [6, 6.07) is 4.93. The van der Waals surface area contributed by atoms with Gasteiger partial charge in [0.05, 0.1) is 11.3 Å². The van der Waals surface area contributed by atoms with Gasteiger partial charge in [-0.2, -0.15) is 13.2 Å². The van der Waals surface area contributed by atoms with Gasteiger partial charge < -0.3 is 15.5 Å². The molecule has 1 fully saturated rings. The van der Waals surface area contributed by atoms with Crippen molar-refractivity contribution in [3.8, 4) is 0 Å². The SMILES string of the molecule is CC(CC(=O)Nc1ccccc1C(F)(F)F)NCCN1CCCCC1. The number of nitrogens with zero attached hydrogens (tertiary/aromatic N) is 1. The summed E-state index contributed by atoms with van der Waals surface area (Å²) < 4.78 is 38.8. The van der Waals surface area contributed by atoms with Crippen LogP contribution in [0.2, 0.25) is 0 Å². The molecule has 0 radical (unpaired) electrons. The van der Waals surface area contributed by atoms with Crippen molar-refractivity contribution in [1.29, 1.82) is 0 Å². The monoisotopic (exact) mass is 357 g/mol. The Bertz CT molecular complexity index is 557. The van der Waals surface area contributed by atoms with Gasteiger partial charge in [0.2, 0.25) is 5.91 Å². The number of halogens is 3. The highest BCUT2D eigenvalue weighted by Gasteiger charge is 2.33. The van der Waals surface area contributed by atoms with Crippen LogP contribution in [0.25, 0.3) is 0 Å². The van der Waals surface area contributed by atoms with Crippen LogP contribution in [0.15, 0.2) is 24.3 Å². The summed E-state index contributed by atoms with van der Waals surface area (Å²) in [7, 11) is 0.